The van der Waals surface area contributed by atoms with Crippen molar-refractivity contribution in [1.29, 1.82) is 0 Å². The van der Waals surface area contributed by atoms with E-state index in [1.807, 2.05) is 24.3 Å². The first-order valence-electron chi connectivity index (χ1n) is 13.6. The van der Waals surface area contributed by atoms with E-state index in [4.69, 9.17) is 4.74 Å². The molecule has 1 aliphatic heterocycles. The van der Waals surface area contributed by atoms with E-state index in [9.17, 15) is 13.2 Å². The molecule has 196 valence electrons. The second-order valence-corrected chi connectivity index (χ2v) is 10.1. The third-order valence-corrected chi connectivity index (χ3v) is 7.51. The highest BCUT2D eigenvalue weighted by atomic mass is 19.2. The minimum absolute atomic E-state index is 0.0366. The topological polar surface area (TPSA) is 9.23 Å². The summed E-state index contributed by atoms with van der Waals surface area (Å²) < 4.78 is 50.4. The van der Waals surface area contributed by atoms with Gasteiger partial charge in [0.05, 0.1) is 12.7 Å². The Balaban J connectivity index is 1.42. The van der Waals surface area contributed by atoms with E-state index in [-0.39, 0.29) is 23.4 Å². The zero-order valence-electron chi connectivity index (χ0n) is 21.7. The van der Waals surface area contributed by atoms with E-state index in [1.54, 1.807) is 36.4 Å². The fourth-order valence-electron chi connectivity index (χ4n) is 5.18. The monoisotopic (exact) mass is 506 g/mol. The predicted molar refractivity (Wildman–Crippen MR) is 146 cm³/mol. The highest BCUT2D eigenvalue weighted by Gasteiger charge is 2.23. The Labute approximate surface area is 219 Å². The second kappa shape index (κ2) is 13.1. The Morgan fingerprint density at radius 2 is 1.51 bits per heavy atom. The van der Waals surface area contributed by atoms with Gasteiger partial charge in [0, 0.05) is 11.5 Å². The van der Waals surface area contributed by atoms with Crippen molar-refractivity contribution in [3.05, 3.63) is 95.8 Å². The van der Waals surface area contributed by atoms with E-state index < -0.39 is 11.6 Å². The molecule has 4 rings (SSSR count). The molecule has 0 radical (unpaired) electrons. The summed E-state index contributed by atoms with van der Waals surface area (Å²) in [6, 6.07) is 15.8. The first kappa shape index (κ1) is 27.2. The maximum Gasteiger partial charge on any atom is 0.166 e. The van der Waals surface area contributed by atoms with Crippen molar-refractivity contribution in [2.45, 2.75) is 76.7 Å². The molecule has 1 aliphatic rings. The van der Waals surface area contributed by atoms with Crippen LogP contribution in [0.25, 0.3) is 22.3 Å². The number of benzene rings is 3. The number of rotatable bonds is 11. The molecular weight excluding hydrogens is 469 g/mol. The largest absolute Gasteiger partial charge is 0.374 e. The van der Waals surface area contributed by atoms with Gasteiger partial charge in [0.15, 0.2) is 11.6 Å². The van der Waals surface area contributed by atoms with Gasteiger partial charge in [0.2, 0.25) is 0 Å². The van der Waals surface area contributed by atoms with E-state index in [2.05, 4.69) is 13.5 Å². The molecule has 1 nitrogen and oxygen atoms in total. The molecule has 3 aromatic rings. The quantitative estimate of drug-likeness (QED) is 0.186. The van der Waals surface area contributed by atoms with Crippen molar-refractivity contribution in [1.82, 2.24) is 0 Å². The summed E-state index contributed by atoms with van der Waals surface area (Å²) in [4.78, 5) is 0. The lowest BCUT2D eigenvalue weighted by molar-refractivity contribution is 0.0321. The highest BCUT2D eigenvalue weighted by Crippen LogP contribution is 2.34. The van der Waals surface area contributed by atoms with Crippen LogP contribution in [-0.2, 0) is 11.2 Å². The number of hydrogen-bond acceptors (Lipinski definition) is 1. The minimum Gasteiger partial charge on any atom is -0.374 e. The minimum atomic E-state index is -0.806. The van der Waals surface area contributed by atoms with Gasteiger partial charge in [0.25, 0.3) is 0 Å². The van der Waals surface area contributed by atoms with Gasteiger partial charge >= 0.3 is 0 Å². The number of aryl methyl sites for hydroxylation is 1. The molecule has 0 N–H and O–H groups in total. The molecule has 2 atom stereocenters. The molecule has 4 heteroatoms. The average Bonchev–Trinajstić information content (AvgIpc) is 2.93. The number of unbranched alkanes of at least 4 members (excludes halogenated alkanes) is 5. The van der Waals surface area contributed by atoms with E-state index in [0.29, 0.717) is 29.7 Å². The molecule has 2 unspecified atom stereocenters. The van der Waals surface area contributed by atoms with Crippen LogP contribution < -0.4 is 0 Å². The second-order valence-electron chi connectivity index (χ2n) is 10.1. The predicted octanol–water partition coefficient (Wildman–Crippen LogP) is 9.79. The van der Waals surface area contributed by atoms with Crippen molar-refractivity contribution in [3.8, 4) is 22.3 Å². The first-order valence-corrected chi connectivity index (χ1v) is 13.6. The third kappa shape index (κ3) is 6.73. The zero-order chi connectivity index (χ0) is 26.2. The Morgan fingerprint density at radius 1 is 0.811 bits per heavy atom. The van der Waals surface area contributed by atoms with Crippen LogP contribution in [-0.4, -0.2) is 12.7 Å². The lowest BCUT2D eigenvalue weighted by atomic mass is 9.89. The van der Waals surface area contributed by atoms with E-state index in [1.165, 1.54) is 19.3 Å². The molecule has 0 aliphatic carbocycles. The van der Waals surface area contributed by atoms with Crippen LogP contribution in [0.5, 0.6) is 0 Å². The first-order chi connectivity index (χ1) is 18.0. The van der Waals surface area contributed by atoms with Gasteiger partial charge < -0.3 is 4.74 Å². The summed E-state index contributed by atoms with van der Waals surface area (Å²) in [5.41, 5.74) is 3.51. The average molecular weight is 507 g/mol. The molecule has 1 heterocycles. The standard InChI is InChI=1S/C33H37F3O/c1-3-5-6-7-8-9-10-25-16-20-30(33(36)32(25)35)24-13-11-23(12-14-24)26-17-19-29(31(34)21-26)27-15-18-28(4-2)37-22-27/h4,11-14,16-17,19-21,27-28H,2-3,5-10,15,18,22H2,1H3. The van der Waals surface area contributed by atoms with Crippen molar-refractivity contribution >= 4 is 0 Å². The zero-order valence-corrected chi connectivity index (χ0v) is 21.7. The SMILES string of the molecule is C=CC1CCC(c2ccc(-c3ccc(-c4ccc(CCCCCCCC)c(F)c4F)cc3)cc2F)CO1. The summed E-state index contributed by atoms with van der Waals surface area (Å²) in [6.45, 7) is 6.43. The Morgan fingerprint density at radius 3 is 2.19 bits per heavy atom. The molecule has 1 saturated heterocycles. The van der Waals surface area contributed by atoms with Gasteiger partial charge in [0.1, 0.15) is 5.82 Å². The van der Waals surface area contributed by atoms with Crippen molar-refractivity contribution in [2.24, 2.45) is 0 Å². The van der Waals surface area contributed by atoms with Crippen LogP contribution in [0.3, 0.4) is 0 Å². The van der Waals surface area contributed by atoms with Crippen LogP contribution in [0.4, 0.5) is 13.2 Å². The molecule has 1 fully saturated rings. The van der Waals surface area contributed by atoms with Crippen molar-refractivity contribution in [2.75, 3.05) is 6.61 Å². The van der Waals surface area contributed by atoms with Crippen molar-refractivity contribution < 1.29 is 17.9 Å². The van der Waals surface area contributed by atoms with Crippen LogP contribution in [0.2, 0.25) is 0 Å². The summed E-state index contributed by atoms with van der Waals surface area (Å²) in [7, 11) is 0. The lowest BCUT2D eigenvalue weighted by Gasteiger charge is -2.27. The summed E-state index contributed by atoms with van der Waals surface area (Å²) in [5, 5.41) is 0. The third-order valence-electron chi connectivity index (χ3n) is 7.51. The van der Waals surface area contributed by atoms with Gasteiger partial charge in [-0.2, -0.15) is 0 Å². The number of hydrogen-bond donors (Lipinski definition) is 0. The normalized spacial score (nSPS) is 17.6. The molecule has 0 saturated carbocycles. The molecule has 0 spiro atoms. The fraction of sp³-hybridized carbons (Fsp3) is 0.394. The summed E-state index contributed by atoms with van der Waals surface area (Å²) in [6.07, 6.45) is 10.8. The lowest BCUT2D eigenvalue weighted by Crippen LogP contribution is -2.23. The molecular formula is C33H37F3O. The maximum absolute atomic E-state index is 15.0. The van der Waals surface area contributed by atoms with Crippen LogP contribution in [0, 0.1) is 17.5 Å². The molecule has 37 heavy (non-hydrogen) atoms. The van der Waals surface area contributed by atoms with Gasteiger partial charge in [-0.25, -0.2) is 13.2 Å². The van der Waals surface area contributed by atoms with Crippen molar-refractivity contribution in [3.63, 3.8) is 0 Å². The summed E-state index contributed by atoms with van der Waals surface area (Å²) in [5.74, 6) is -1.77. The van der Waals surface area contributed by atoms with Crippen LogP contribution in [0.15, 0.2) is 67.3 Å². The van der Waals surface area contributed by atoms with E-state index in [0.717, 1.165) is 43.2 Å². The number of ether oxygens (including phenoxy) is 1. The van der Waals surface area contributed by atoms with Crippen LogP contribution in [0.1, 0.15) is 75.3 Å². The maximum atomic E-state index is 15.0. The van der Waals surface area contributed by atoms with E-state index >= 15 is 0 Å². The Bertz CT molecular complexity index is 1180. The highest BCUT2D eigenvalue weighted by molar-refractivity contribution is 5.71. The van der Waals surface area contributed by atoms with Crippen LogP contribution >= 0.6 is 0 Å². The molecule has 3 aromatic carbocycles. The Hall–Kier alpha value is -2.85. The summed E-state index contributed by atoms with van der Waals surface area (Å²) >= 11 is 0. The van der Waals surface area contributed by atoms with Gasteiger partial charge in [-0.3, -0.25) is 0 Å². The van der Waals surface area contributed by atoms with Gasteiger partial charge in [-0.15, -0.1) is 6.58 Å². The fourth-order valence-corrected chi connectivity index (χ4v) is 5.18. The van der Waals surface area contributed by atoms with Gasteiger partial charge in [-0.1, -0.05) is 93.6 Å². The van der Waals surface area contributed by atoms with Gasteiger partial charge in [-0.05, 0) is 59.6 Å². The Kier molecular flexibility index (Phi) is 9.62. The molecule has 0 aromatic heterocycles. The molecule has 0 amide bonds. The smallest absolute Gasteiger partial charge is 0.166 e. The number of halogens is 3. The molecule has 0 bridgehead atoms.